The molecule has 176 valence electrons. The number of imidazole rings is 1. The number of H-pyrrole nitrogens is 1. The topological polar surface area (TPSA) is 82.3 Å². The van der Waals surface area contributed by atoms with Crippen LogP contribution in [0.2, 0.25) is 5.02 Å². The van der Waals surface area contributed by atoms with Gasteiger partial charge in [-0.2, -0.15) is 0 Å². The van der Waals surface area contributed by atoms with E-state index in [9.17, 15) is 4.79 Å². The van der Waals surface area contributed by atoms with E-state index in [-0.39, 0.29) is 5.91 Å². The Morgan fingerprint density at radius 2 is 2.09 bits per heavy atom. The van der Waals surface area contributed by atoms with Gasteiger partial charge < -0.3 is 25.3 Å². The summed E-state index contributed by atoms with van der Waals surface area (Å²) in [7, 11) is 1.74. The molecule has 8 heteroatoms. The molecule has 1 fully saturated rings. The molecule has 0 aliphatic carbocycles. The molecule has 2 aliphatic rings. The molecular weight excluding hydrogens is 450 g/mol. The van der Waals surface area contributed by atoms with Crippen molar-refractivity contribution in [3.8, 4) is 0 Å². The van der Waals surface area contributed by atoms with Crippen LogP contribution < -0.4 is 10.6 Å². The quantitative estimate of drug-likeness (QED) is 0.436. The van der Waals surface area contributed by atoms with E-state index in [0.29, 0.717) is 22.5 Å². The Hall–Kier alpha value is -3.13. The van der Waals surface area contributed by atoms with E-state index in [4.69, 9.17) is 16.3 Å². The average Bonchev–Trinajstić information content (AvgIpc) is 3.48. The molecule has 3 aromatic rings. The van der Waals surface area contributed by atoms with Crippen LogP contribution in [0.25, 0.3) is 11.1 Å². The van der Waals surface area contributed by atoms with Crippen LogP contribution in [0.15, 0.2) is 54.9 Å². The Kier molecular flexibility index (Phi) is 6.67. The zero-order chi connectivity index (χ0) is 23.5. The summed E-state index contributed by atoms with van der Waals surface area (Å²) < 4.78 is 5.20. The van der Waals surface area contributed by atoms with Gasteiger partial charge in [0.15, 0.2) is 0 Å². The maximum absolute atomic E-state index is 13.2. The van der Waals surface area contributed by atoms with Crippen molar-refractivity contribution < 1.29 is 9.53 Å². The Bertz CT molecular complexity index is 1200. The van der Waals surface area contributed by atoms with Crippen LogP contribution in [0.3, 0.4) is 0 Å². The number of carbonyl (C=O) groups excluding carboxylic acids is 1. The Morgan fingerprint density at radius 1 is 1.24 bits per heavy atom. The number of hydrogen-bond acceptors (Lipinski definition) is 5. The van der Waals surface area contributed by atoms with Crippen molar-refractivity contribution in [3.05, 3.63) is 76.8 Å². The number of anilines is 2. The van der Waals surface area contributed by atoms with Gasteiger partial charge in [0, 0.05) is 72.7 Å². The van der Waals surface area contributed by atoms with Gasteiger partial charge >= 0.3 is 0 Å². The molecule has 3 heterocycles. The van der Waals surface area contributed by atoms with Gasteiger partial charge in [-0.15, -0.1) is 0 Å². The van der Waals surface area contributed by atoms with Crippen molar-refractivity contribution in [2.24, 2.45) is 0 Å². The van der Waals surface area contributed by atoms with E-state index in [1.807, 2.05) is 36.4 Å². The molecule has 0 spiro atoms. The summed E-state index contributed by atoms with van der Waals surface area (Å²) in [4.78, 5) is 23.2. The number of carbonyl (C=O) groups is 1. The number of halogens is 1. The van der Waals surface area contributed by atoms with E-state index in [0.717, 1.165) is 67.2 Å². The molecule has 0 radical (unpaired) electrons. The second-order valence-electron chi connectivity index (χ2n) is 8.67. The summed E-state index contributed by atoms with van der Waals surface area (Å²) in [6.45, 7) is 3.84. The first-order chi connectivity index (χ1) is 16.6. The molecular formula is C26H28ClN5O2. The maximum Gasteiger partial charge on any atom is 0.257 e. The average molecular weight is 478 g/mol. The van der Waals surface area contributed by atoms with Crippen LogP contribution in [0.5, 0.6) is 0 Å². The summed E-state index contributed by atoms with van der Waals surface area (Å²) in [5.74, 6) is 0.479. The molecule has 3 N–H and O–H groups in total. The van der Waals surface area contributed by atoms with Crippen molar-refractivity contribution in [2.75, 3.05) is 44.0 Å². The third-order valence-corrected chi connectivity index (χ3v) is 6.67. The van der Waals surface area contributed by atoms with Crippen LogP contribution in [0, 0.1) is 0 Å². The lowest BCUT2D eigenvalue weighted by atomic mass is 9.94. The van der Waals surface area contributed by atoms with Crippen molar-refractivity contribution in [1.82, 2.24) is 14.9 Å². The Labute approximate surface area is 204 Å². The summed E-state index contributed by atoms with van der Waals surface area (Å²) in [5.41, 5.74) is 4.82. The van der Waals surface area contributed by atoms with Crippen LogP contribution in [0.1, 0.15) is 29.8 Å². The van der Waals surface area contributed by atoms with Crippen LogP contribution in [0.4, 0.5) is 11.4 Å². The Balaban J connectivity index is 1.46. The highest BCUT2D eigenvalue weighted by Gasteiger charge is 2.30. The first-order valence-electron chi connectivity index (χ1n) is 11.6. The molecule has 1 aromatic heterocycles. The minimum atomic E-state index is -0.148. The molecule has 2 aliphatic heterocycles. The van der Waals surface area contributed by atoms with E-state index < -0.39 is 0 Å². The van der Waals surface area contributed by atoms with Crippen molar-refractivity contribution in [3.63, 3.8) is 0 Å². The number of amides is 1. The summed E-state index contributed by atoms with van der Waals surface area (Å²) in [6, 6.07) is 14.0. The second kappa shape index (κ2) is 10.0. The smallest absolute Gasteiger partial charge is 0.257 e. The molecule has 1 saturated heterocycles. The summed E-state index contributed by atoms with van der Waals surface area (Å²) >= 11 is 6.29. The zero-order valence-electron chi connectivity index (χ0n) is 19.1. The lowest BCUT2D eigenvalue weighted by molar-refractivity contribution is -0.110. The number of hydrogen-bond donors (Lipinski definition) is 3. The first-order valence-corrected chi connectivity index (χ1v) is 11.9. The number of fused-ring (bicyclic) bond motifs is 1. The van der Waals surface area contributed by atoms with Crippen LogP contribution in [-0.2, 0) is 9.53 Å². The summed E-state index contributed by atoms with van der Waals surface area (Å²) in [5, 5.41) is 7.30. The fourth-order valence-electron chi connectivity index (χ4n) is 4.71. The number of nitrogens with zero attached hydrogens (tertiary/aromatic N) is 2. The molecule has 0 unspecified atom stereocenters. The molecule has 5 rings (SSSR count). The number of piperidine rings is 1. The van der Waals surface area contributed by atoms with Gasteiger partial charge in [-0.25, -0.2) is 4.98 Å². The van der Waals surface area contributed by atoms with Crippen molar-refractivity contribution in [2.45, 2.75) is 18.9 Å². The number of ether oxygens (including phenoxy) is 1. The number of likely N-dealkylation sites (tertiary alicyclic amines) is 1. The summed E-state index contributed by atoms with van der Waals surface area (Å²) in [6.07, 6.45) is 5.58. The van der Waals surface area contributed by atoms with Gasteiger partial charge in [-0.3, -0.25) is 4.79 Å². The Morgan fingerprint density at radius 3 is 2.82 bits per heavy atom. The number of methoxy groups -OCH3 is 1. The van der Waals surface area contributed by atoms with E-state index in [1.54, 1.807) is 19.5 Å². The van der Waals surface area contributed by atoms with Gasteiger partial charge in [0.2, 0.25) is 0 Å². The minimum Gasteiger partial charge on any atom is -0.383 e. The van der Waals surface area contributed by atoms with Crippen LogP contribution in [-0.4, -0.2) is 60.2 Å². The highest BCUT2D eigenvalue weighted by atomic mass is 35.5. The molecule has 1 amide bonds. The fourth-order valence-corrected chi connectivity index (χ4v) is 4.90. The van der Waals surface area contributed by atoms with Gasteiger partial charge in [-0.05, 0) is 48.7 Å². The third-order valence-electron chi connectivity index (χ3n) is 6.43. The molecule has 7 nitrogen and oxygen atoms in total. The fraction of sp³-hybridized carbons (Fsp3) is 0.308. The SMILES string of the molecule is COCCN1CCC(Nc2ccc3c(c2)C(=C(c2cccc(Cl)c2)c2ncc[nH]2)C(=O)N3)CC1. The third kappa shape index (κ3) is 4.73. The highest BCUT2D eigenvalue weighted by molar-refractivity contribution is 6.38. The second-order valence-corrected chi connectivity index (χ2v) is 9.10. The minimum absolute atomic E-state index is 0.148. The molecule has 2 aromatic carbocycles. The van der Waals surface area contributed by atoms with Crippen LogP contribution >= 0.6 is 11.6 Å². The van der Waals surface area contributed by atoms with Gasteiger partial charge in [0.1, 0.15) is 5.82 Å². The standard InChI is InChI=1S/C26H28ClN5O2/c1-34-14-13-32-11-7-19(8-12-32)30-20-5-6-22-21(16-20)24(26(33)31-22)23(25-28-9-10-29-25)17-3-2-4-18(27)15-17/h2-6,9-10,15-16,19,30H,7-8,11-14H2,1H3,(H,28,29)(H,31,33). The van der Waals surface area contributed by atoms with E-state index in [2.05, 4.69) is 31.6 Å². The normalized spacial score (nSPS) is 18.0. The molecule has 0 atom stereocenters. The van der Waals surface area contributed by atoms with Gasteiger partial charge in [0.05, 0.1) is 12.2 Å². The monoisotopic (exact) mass is 477 g/mol. The number of rotatable bonds is 7. The predicted molar refractivity (Wildman–Crippen MR) is 136 cm³/mol. The molecule has 34 heavy (non-hydrogen) atoms. The van der Waals surface area contributed by atoms with Crippen molar-refractivity contribution in [1.29, 1.82) is 0 Å². The lowest BCUT2D eigenvalue weighted by Crippen LogP contribution is -2.40. The van der Waals surface area contributed by atoms with Gasteiger partial charge in [0.25, 0.3) is 5.91 Å². The van der Waals surface area contributed by atoms with E-state index >= 15 is 0 Å². The zero-order valence-corrected chi connectivity index (χ0v) is 19.9. The lowest BCUT2D eigenvalue weighted by Gasteiger charge is -2.32. The molecule has 0 bridgehead atoms. The number of benzene rings is 2. The number of nitrogens with one attached hydrogen (secondary N) is 3. The maximum atomic E-state index is 13.2. The number of aromatic amines is 1. The van der Waals surface area contributed by atoms with Crippen molar-refractivity contribution >= 4 is 40.0 Å². The molecule has 0 saturated carbocycles. The van der Waals surface area contributed by atoms with Gasteiger partial charge in [-0.1, -0.05) is 23.7 Å². The van der Waals surface area contributed by atoms with E-state index in [1.165, 1.54) is 0 Å². The largest absolute Gasteiger partial charge is 0.383 e. The number of aromatic nitrogens is 2. The first kappa shape index (κ1) is 22.7. The highest BCUT2D eigenvalue weighted by Crippen LogP contribution is 2.40. The predicted octanol–water partition coefficient (Wildman–Crippen LogP) is 4.50.